The standard InChI is InChI=1S/C8H16N2S4.Cu/c9-7(11)13-5-3-1-2-4-6-14-8(10)12;/h1-6H2,(H2,9,11)(H2,10,12);. The summed E-state index contributed by atoms with van der Waals surface area (Å²) in [6.45, 7) is 0. The van der Waals surface area contributed by atoms with Crippen molar-refractivity contribution >= 4 is 56.6 Å². The molecular weight excluding hydrogens is 316 g/mol. The van der Waals surface area contributed by atoms with Gasteiger partial charge in [-0.25, -0.2) is 0 Å². The van der Waals surface area contributed by atoms with Gasteiger partial charge in [0.15, 0.2) is 0 Å². The van der Waals surface area contributed by atoms with E-state index >= 15 is 0 Å². The fourth-order valence-electron chi connectivity index (χ4n) is 0.903. The Morgan fingerprint density at radius 2 is 1.13 bits per heavy atom. The third-order valence-electron chi connectivity index (χ3n) is 1.53. The Hall–Kier alpha value is 0.999. The molecule has 0 heterocycles. The molecule has 0 aliphatic heterocycles. The number of rotatable bonds is 7. The average molecular weight is 332 g/mol. The summed E-state index contributed by atoms with van der Waals surface area (Å²) in [4.78, 5) is 0. The minimum absolute atomic E-state index is 0. The maximum Gasteiger partial charge on any atom is 0.131 e. The molecule has 0 aromatic heterocycles. The summed E-state index contributed by atoms with van der Waals surface area (Å²) in [6.07, 6.45) is 4.82. The molecule has 2 nitrogen and oxygen atoms in total. The molecule has 7 heteroatoms. The maximum atomic E-state index is 5.35. The number of thiocarbonyl (C=S) groups is 2. The van der Waals surface area contributed by atoms with Crippen LogP contribution in [0, 0.1) is 0 Å². The van der Waals surface area contributed by atoms with Crippen molar-refractivity contribution in [2.75, 3.05) is 11.5 Å². The molecule has 0 saturated carbocycles. The second kappa shape index (κ2) is 13.1. The SMILES string of the molecule is NC(=S)SCCCCCCSC(N)=S.[Cu]. The second-order valence-electron chi connectivity index (χ2n) is 2.75. The van der Waals surface area contributed by atoms with Crippen LogP contribution in [-0.4, -0.2) is 20.1 Å². The van der Waals surface area contributed by atoms with Gasteiger partial charge in [0, 0.05) is 28.6 Å². The number of thioether (sulfide) groups is 2. The quantitative estimate of drug-likeness (QED) is 0.424. The van der Waals surface area contributed by atoms with E-state index in [0.717, 1.165) is 11.5 Å². The molecule has 0 atom stereocenters. The van der Waals surface area contributed by atoms with Crippen LogP contribution in [0.4, 0.5) is 0 Å². The van der Waals surface area contributed by atoms with Crippen LogP contribution in [0.25, 0.3) is 0 Å². The fraction of sp³-hybridized carbons (Fsp3) is 0.750. The third kappa shape index (κ3) is 17.6. The molecule has 0 aromatic rings. The second-order valence-corrected chi connectivity index (χ2v) is 6.42. The van der Waals surface area contributed by atoms with E-state index in [2.05, 4.69) is 0 Å². The first kappa shape index (κ1) is 18.4. The minimum Gasteiger partial charge on any atom is -0.385 e. The van der Waals surface area contributed by atoms with Crippen LogP contribution < -0.4 is 11.5 Å². The Kier molecular flexibility index (Phi) is 16.0. The molecule has 0 bridgehead atoms. The smallest absolute Gasteiger partial charge is 0.131 e. The van der Waals surface area contributed by atoms with Gasteiger partial charge in [0.2, 0.25) is 0 Å². The van der Waals surface area contributed by atoms with Crippen molar-refractivity contribution in [2.45, 2.75) is 25.7 Å². The normalized spacial score (nSPS) is 9.33. The first-order valence-electron chi connectivity index (χ1n) is 4.47. The predicted octanol–water partition coefficient (Wildman–Crippen LogP) is 2.50. The van der Waals surface area contributed by atoms with Gasteiger partial charge in [0.05, 0.1) is 0 Å². The molecule has 4 N–H and O–H groups in total. The van der Waals surface area contributed by atoms with E-state index in [9.17, 15) is 0 Å². The summed E-state index contributed by atoms with van der Waals surface area (Å²) in [6, 6.07) is 0. The van der Waals surface area contributed by atoms with Crippen molar-refractivity contribution in [3.8, 4) is 0 Å². The average Bonchev–Trinajstić information content (AvgIpc) is 2.08. The Labute approximate surface area is 122 Å². The monoisotopic (exact) mass is 331 g/mol. The van der Waals surface area contributed by atoms with Crippen molar-refractivity contribution in [3.63, 3.8) is 0 Å². The van der Waals surface area contributed by atoms with Gasteiger partial charge in [-0.15, -0.1) is 0 Å². The van der Waals surface area contributed by atoms with Gasteiger partial charge in [0.1, 0.15) is 8.64 Å². The molecule has 93 valence electrons. The summed E-state index contributed by atoms with van der Waals surface area (Å²) >= 11 is 12.6. The molecule has 15 heavy (non-hydrogen) atoms. The van der Waals surface area contributed by atoms with E-state index in [-0.39, 0.29) is 17.1 Å². The van der Waals surface area contributed by atoms with Crippen LogP contribution in [0.2, 0.25) is 0 Å². The molecule has 0 amide bonds. The number of unbranched alkanes of at least 4 members (excludes halogenated alkanes) is 3. The van der Waals surface area contributed by atoms with E-state index < -0.39 is 0 Å². The first-order chi connectivity index (χ1) is 6.63. The molecule has 0 aliphatic rings. The van der Waals surface area contributed by atoms with E-state index in [1.165, 1.54) is 25.7 Å². The summed E-state index contributed by atoms with van der Waals surface area (Å²) in [7, 11) is 0. The van der Waals surface area contributed by atoms with Crippen molar-refractivity contribution in [1.29, 1.82) is 0 Å². The number of hydrogen-bond donors (Lipinski definition) is 2. The van der Waals surface area contributed by atoms with Crippen LogP contribution in [0.15, 0.2) is 0 Å². The van der Waals surface area contributed by atoms with Crippen LogP contribution in [0.1, 0.15) is 25.7 Å². The summed E-state index contributed by atoms with van der Waals surface area (Å²) in [5, 5.41) is 0. The molecule has 0 saturated heterocycles. The zero-order valence-corrected chi connectivity index (χ0v) is 12.5. The Morgan fingerprint density at radius 1 is 0.800 bits per heavy atom. The van der Waals surface area contributed by atoms with Crippen molar-refractivity contribution in [2.24, 2.45) is 11.5 Å². The minimum atomic E-state index is 0. The first-order valence-corrected chi connectivity index (χ1v) is 7.26. The van der Waals surface area contributed by atoms with Gasteiger partial charge in [0.25, 0.3) is 0 Å². The summed E-state index contributed by atoms with van der Waals surface area (Å²) < 4.78 is 1.10. The zero-order chi connectivity index (χ0) is 10.8. The van der Waals surface area contributed by atoms with Crippen molar-refractivity contribution in [3.05, 3.63) is 0 Å². The molecule has 1 radical (unpaired) electrons. The molecule has 0 fully saturated rings. The Bertz CT molecular complexity index is 169. The predicted molar refractivity (Wildman–Crippen MR) is 77.0 cm³/mol. The molecule has 0 unspecified atom stereocenters. The summed E-state index contributed by atoms with van der Waals surface area (Å²) in [5.41, 5.74) is 10.7. The van der Waals surface area contributed by atoms with Gasteiger partial charge in [-0.1, -0.05) is 60.8 Å². The van der Waals surface area contributed by atoms with Gasteiger partial charge in [-0.3, -0.25) is 0 Å². The van der Waals surface area contributed by atoms with E-state index in [4.69, 9.17) is 35.9 Å². The molecule has 0 spiro atoms. The number of nitrogens with two attached hydrogens (primary N) is 2. The van der Waals surface area contributed by atoms with Gasteiger partial charge in [-0.2, -0.15) is 0 Å². The molecule has 0 aromatic carbocycles. The van der Waals surface area contributed by atoms with Crippen LogP contribution in [-0.2, 0) is 17.1 Å². The Balaban J connectivity index is 0. The van der Waals surface area contributed by atoms with Crippen LogP contribution in [0.5, 0.6) is 0 Å². The largest absolute Gasteiger partial charge is 0.385 e. The fourth-order valence-corrected chi connectivity index (χ4v) is 2.50. The van der Waals surface area contributed by atoms with Crippen molar-refractivity contribution < 1.29 is 17.1 Å². The molecule has 0 rings (SSSR count). The molecular formula is C8H16CuN2S4. The van der Waals surface area contributed by atoms with Crippen LogP contribution >= 0.6 is 48.0 Å². The third-order valence-corrected chi connectivity index (χ3v) is 3.79. The molecule has 0 aliphatic carbocycles. The van der Waals surface area contributed by atoms with Gasteiger partial charge in [-0.05, 0) is 12.8 Å². The summed E-state index contributed by atoms with van der Waals surface area (Å²) in [5.74, 6) is 2.08. The van der Waals surface area contributed by atoms with Gasteiger partial charge < -0.3 is 11.5 Å². The van der Waals surface area contributed by atoms with E-state index in [0.29, 0.717) is 8.64 Å². The van der Waals surface area contributed by atoms with Gasteiger partial charge >= 0.3 is 0 Å². The maximum absolute atomic E-state index is 5.35. The Morgan fingerprint density at radius 3 is 1.40 bits per heavy atom. The topological polar surface area (TPSA) is 52.0 Å². The van der Waals surface area contributed by atoms with Crippen LogP contribution in [0.3, 0.4) is 0 Å². The van der Waals surface area contributed by atoms with E-state index in [1.807, 2.05) is 0 Å². The zero-order valence-electron chi connectivity index (χ0n) is 8.33. The van der Waals surface area contributed by atoms with E-state index in [1.54, 1.807) is 23.5 Å². The number of hydrogen-bond acceptors (Lipinski definition) is 4. The van der Waals surface area contributed by atoms with Crippen molar-refractivity contribution in [1.82, 2.24) is 0 Å².